The molecule has 1 aromatic carbocycles. The number of anilines is 3. The van der Waals surface area contributed by atoms with Crippen molar-refractivity contribution in [2.75, 3.05) is 36.4 Å². The number of rotatable bonds is 5. The first-order valence-corrected chi connectivity index (χ1v) is 10.1. The summed E-state index contributed by atoms with van der Waals surface area (Å²) in [7, 11) is 0. The quantitative estimate of drug-likeness (QED) is 0.652. The van der Waals surface area contributed by atoms with E-state index in [9.17, 15) is 18.0 Å². The number of alkyl halides is 3. The summed E-state index contributed by atoms with van der Waals surface area (Å²) in [5.74, 6) is 1.87. The Morgan fingerprint density at radius 3 is 2.25 bits per heavy atom. The van der Waals surface area contributed by atoms with Gasteiger partial charge in [-0.15, -0.1) is 10.2 Å². The van der Waals surface area contributed by atoms with Crippen molar-refractivity contribution in [2.45, 2.75) is 12.6 Å². The van der Waals surface area contributed by atoms with E-state index in [0.717, 1.165) is 12.1 Å². The Balaban J connectivity index is 1.28. The van der Waals surface area contributed by atoms with E-state index in [1.807, 2.05) is 35.2 Å². The van der Waals surface area contributed by atoms with Gasteiger partial charge >= 0.3 is 6.18 Å². The van der Waals surface area contributed by atoms with Crippen LogP contribution in [0.5, 0.6) is 0 Å². The van der Waals surface area contributed by atoms with Gasteiger partial charge in [0.15, 0.2) is 11.6 Å². The van der Waals surface area contributed by atoms with E-state index >= 15 is 0 Å². The van der Waals surface area contributed by atoms with Crippen molar-refractivity contribution in [3.8, 4) is 0 Å². The number of carbonyl (C=O) groups excluding carboxylic acids is 1. The molecular weight excluding hydrogens is 421 g/mol. The number of piperazine rings is 1. The number of nitrogens with zero attached hydrogens (tertiary/aromatic N) is 5. The number of benzene rings is 1. The molecule has 10 heteroatoms. The Hall–Kier alpha value is -3.69. The molecule has 0 saturated carbocycles. The van der Waals surface area contributed by atoms with Gasteiger partial charge in [0, 0.05) is 32.4 Å². The summed E-state index contributed by atoms with van der Waals surface area (Å²) in [6, 6.07) is 13.9. The molecule has 166 valence electrons. The fraction of sp³-hybridized carbons (Fsp3) is 0.273. The Bertz CT molecular complexity index is 1030. The van der Waals surface area contributed by atoms with Crippen LogP contribution in [-0.2, 0) is 17.4 Å². The fourth-order valence-corrected chi connectivity index (χ4v) is 3.41. The first-order chi connectivity index (χ1) is 15.4. The summed E-state index contributed by atoms with van der Waals surface area (Å²) in [6.07, 6.45) is -2.62. The largest absolute Gasteiger partial charge is 0.416 e. The molecule has 0 aliphatic carbocycles. The molecule has 1 aliphatic heterocycles. The summed E-state index contributed by atoms with van der Waals surface area (Å²) in [4.78, 5) is 20.5. The van der Waals surface area contributed by atoms with Crippen LogP contribution < -0.4 is 10.2 Å². The van der Waals surface area contributed by atoms with Crippen molar-refractivity contribution in [3.63, 3.8) is 0 Å². The summed E-state index contributed by atoms with van der Waals surface area (Å²) in [5.41, 5.74) is -0.156. The van der Waals surface area contributed by atoms with E-state index in [1.54, 1.807) is 11.1 Å². The summed E-state index contributed by atoms with van der Waals surface area (Å²) < 4.78 is 38.0. The molecule has 1 saturated heterocycles. The Labute approximate surface area is 182 Å². The second-order valence-corrected chi connectivity index (χ2v) is 7.36. The van der Waals surface area contributed by atoms with Gasteiger partial charge in [-0.1, -0.05) is 18.2 Å². The molecule has 7 nitrogen and oxygen atoms in total. The molecule has 4 rings (SSSR count). The van der Waals surface area contributed by atoms with E-state index in [4.69, 9.17) is 0 Å². The van der Waals surface area contributed by atoms with Gasteiger partial charge in [-0.2, -0.15) is 13.2 Å². The normalized spacial score (nSPS) is 14.3. The number of hydrogen-bond donors (Lipinski definition) is 1. The van der Waals surface area contributed by atoms with E-state index in [0.29, 0.717) is 49.2 Å². The first-order valence-electron chi connectivity index (χ1n) is 10.1. The minimum atomic E-state index is -4.38. The highest BCUT2D eigenvalue weighted by Crippen LogP contribution is 2.29. The second kappa shape index (κ2) is 9.21. The Morgan fingerprint density at radius 1 is 0.906 bits per heavy atom. The molecule has 1 fully saturated rings. The number of halogens is 3. The van der Waals surface area contributed by atoms with E-state index in [2.05, 4.69) is 20.5 Å². The number of amides is 1. The molecule has 0 radical (unpaired) electrons. The van der Waals surface area contributed by atoms with Crippen LogP contribution in [0.15, 0.2) is 60.8 Å². The fourth-order valence-electron chi connectivity index (χ4n) is 3.41. The van der Waals surface area contributed by atoms with Crippen molar-refractivity contribution in [1.82, 2.24) is 20.1 Å². The van der Waals surface area contributed by atoms with Crippen molar-refractivity contribution in [1.29, 1.82) is 0 Å². The molecule has 1 amide bonds. The standard InChI is InChI=1S/C22H21F3N6O/c23-22(24,25)17-6-4-16(5-7-17)15-21(32)31-13-11-30(12-14-31)20-9-8-19(28-29-20)27-18-3-1-2-10-26-18/h1-10H,11-15H2,(H,26,27,28). The van der Waals surface area contributed by atoms with Gasteiger partial charge in [0.1, 0.15) is 5.82 Å². The Kier molecular flexibility index (Phi) is 6.20. The van der Waals surface area contributed by atoms with Crippen molar-refractivity contribution < 1.29 is 18.0 Å². The van der Waals surface area contributed by atoms with Crippen LogP contribution in [0.4, 0.5) is 30.6 Å². The van der Waals surface area contributed by atoms with Crippen LogP contribution in [0.1, 0.15) is 11.1 Å². The zero-order valence-corrected chi connectivity index (χ0v) is 17.1. The molecule has 0 spiro atoms. The predicted octanol–water partition coefficient (Wildman–Crippen LogP) is 3.53. The maximum Gasteiger partial charge on any atom is 0.416 e. The average molecular weight is 442 g/mol. The number of carbonyl (C=O) groups is 1. The highest BCUT2D eigenvalue weighted by Gasteiger charge is 2.30. The van der Waals surface area contributed by atoms with Crippen molar-refractivity contribution >= 4 is 23.4 Å². The maximum absolute atomic E-state index is 12.7. The lowest BCUT2D eigenvalue weighted by Crippen LogP contribution is -2.49. The average Bonchev–Trinajstić information content (AvgIpc) is 2.80. The minimum Gasteiger partial charge on any atom is -0.352 e. The number of nitrogens with one attached hydrogen (secondary N) is 1. The molecule has 3 heterocycles. The summed E-state index contributed by atoms with van der Waals surface area (Å²) in [5, 5.41) is 11.5. The van der Waals surface area contributed by atoms with Crippen LogP contribution in [0.25, 0.3) is 0 Å². The predicted molar refractivity (Wildman–Crippen MR) is 113 cm³/mol. The monoisotopic (exact) mass is 442 g/mol. The van der Waals surface area contributed by atoms with Gasteiger partial charge in [-0.3, -0.25) is 4.79 Å². The zero-order valence-electron chi connectivity index (χ0n) is 17.1. The van der Waals surface area contributed by atoms with Crippen LogP contribution >= 0.6 is 0 Å². The molecule has 0 unspecified atom stereocenters. The third kappa shape index (κ3) is 5.32. The molecule has 32 heavy (non-hydrogen) atoms. The Morgan fingerprint density at radius 2 is 1.66 bits per heavy atom. The lowest BCUT2D eigenvalue weighted by Gasteiger charge is -2.35. The lowest BCUT2D eigenvalue weighted by molar-refractivity contribution is -0.137. The van der Waals surface area contributed by atoms with Crippen molar-refractivity contribution in [3.05, 3.63) is 71.9 Å². The minimum absolute atomic E-state index is 0.0752. The second-order valence-electron chi connectivity index (χ2n) is 7.36. The van der Waals surface area contributed by atoms with Gasteiger partial charge in [-0.25, -0.2) is 4.98 Å². The van der Waals surface area contributed by atoms with E-state index in [1.165, 1.54) is 12.1 Å². The van der Waals surface area contributed by atoms with Crippen LogP contribution in [-0.4, -0.2) is 52.2 Å². The van der Waals surface area contributed by atoms with Gasteiger partial charge in [0.2, 0.25) is 5.91 Å². The molecule has 1 aliphatic rings. The highest BCUT2D eigenvalue weighted by molar-refractivity contribution is 5.79. The summed E-state index contributed by atoms with van der Waals surface area (Å²) in [6.45, 7) is 2.21. The highest BCUT2D eigenvalue weighted by atomic mass is 19.4. The third-order valence-corrected chi connectivity index (χ3v) is 5.16. The van der Waals surface area contributed by atoms with Gasteiger partial charge in [0.05, 0.1) is 12.0 Å². The third-order valence-electron chi connectivity index (χ3n) is 5.16. The van der Waals surface area contributed by atoms with Gasteiger partial charge in [-0.05, 0) is 42.0 Å². The topological polar surface area (TPSA) is 74.2 Å². The number of pyridine rings is 1. The van der Waals surface area contributed by atoms with E-state index in [-0.39, 0.29) is 12.3 Å². The SMILES string of the molecule is O=C(Cc1ccc(C(F)(F)F)cc1)N1CCN(c2ccc(Nc3ccccn3)nn2)CC1. The van der Waals surface area contributed by atoms with Crippen LogP contribution in [0, 0.1) is 0 Å². The van der Waals surface area contributed by atoms with Crippen molar-refractivity contribution in [2.24, 2.45) is 0 Å². The number of aromatic nitrogens is 3. The van der Waals surface area contributed by atoms with Crippen LogP contribution in [0.3, 0.4) is 0 Å². The molecular formula is C22H21F3N6O. The first kappa shape index (κ1) is 21.5. The molecule has 1 N–H and O–H groups in total. The van der Waals surface area contributed by atoms with Gasteiger partial charge in [0.25, 0.3) is 0 Å². The smallest absolute Gasteiger partial charge is 0.352 e. The maximum atomic E-state index is 12.7. The summed E-state index contributed by atoms with van der Waals surface area (Å²) >= 11 is 0. The molecule has 0 atom stereocenters. The van der Waals surface area contributed by atoms with E-state index < -0.39 is 11.7 Å². The van der Waals surface area contributed by atoms with Gasteiger partial charge < -0.3 is 15.1 Å². The zero-order chi connectivity index (χ0) is 22.6. The molecule has 3 aromatic rings. The number of hydrogen-bond acceptors (Lipinski definition) is 6. The van der Waals surface area contributed by atoms with Crippen LogP contribution in [0.2, 0.25) is 0 Å². The molecule has 0 bridgehead atoms. The molecule has 2 aromatic heterocycles. The lowest BCUT2D eigenvalue weighted by atomic mass is 10.1.